The van der Waals surface area contributed by atoms with Crippen LogP contribution < -0.4 is 4.90 Å². The maximum absolute atomic E-state index is 10.5. The summed E-state index contributed by atoms with van der Waals surface area (Å²) in [4.78, 5) is 2.31. The van der Waals surface area contributed by atoms with Crippen molar-refractivity contribution in [2.75, 3.05) is 18.0 Å². The van der Waals surface area contributed by atoms with Crippen molar-refractivity contribution in [3.8, 4) is 0 Å². The van der Waals surface area contributed by atoms with E-state index < -0.39 is 6.10 Å². The summed E-state index contributed by atoms with van der Waals surface area (Å²) in [5.74, 6) is 0. The maximum Gasteiger partial charge on any atom is 0.0964 e. The van der Waals surface area contributed by atoms with Gasteiger partial charge in [-0.3, -0.25) is 0 Å². The molecule has 1 heterocycles. The molecule has 0 spiro atoms. The molecule has 1 aliphatic rings. The highest BCUT2D eigenvalue weighted by molar-refractivity contribution is 5.55. The number of aliphatic hydroxyl groups is 1. The van der Waals surface area contributed by atoms with Gasteiger partial charge < -0.3 is 10.0 Å². The first kappa shape index (κ1) is 13.2. The lowest BCUT2D eigenvalue weighted by Crippen LogP contribution is -2.33. The predicted molar refractivity (Wildman–Crippen MR) is 83.1 cm³/mol. The second kappa shape index (κ2) is 5.68. The van der Waals surface area contributed by atoms with E-state index in [1.54, 1.807) is 0 Å². The van der Waals surface area contributed by atoms with E-state index in [0.717, 1.165) is 24.9 Å². The van der Waals surface area contributed by atoms with Crippen molar-refractivity contribution in [3.05, 3.63) is 65.2 Å². The molecule has 0 aromatic heterocycles. The van der Waals surface area contributed by atoms with E-state index >= 15 is 0 Å². The molecule has 20 heavy (non-hydrogen) atoms. The average Bonchev–Trinajstić information content (AvgIpc) is 2.47. The van der Waals surface area contributed by atoms with Gasteiger partial charge in [0.05, 0.1) is 6.10 Å². The molecule has 0 fully saturated rings. The fourth-order valence-electron chi connectivity index (χ4n) is 2.99. The van der Waals surface area contributed by atoms with Crippen LogP contribution in [0.3, 0.4) is 0 Å². The normalized spacial score (nSPS) is 15.8. The highest BCUT2D eigenvalue weighted by Crippen LogP contribution is 2.28. The average molecular weight is 267 g/mol. The Balaban J connectivity index is 1.79. The van der Waals surface area contributed by atoms with Crippen LogP contribution >= 0.6 is 0 Å². The van der Waals surface area contributed by atoms with E-state index in [2.05, 4.69) is 48.2 Å². The van der Waals surface area contributed by atoms with Crippen molar-refractivity contribution in [1.29, 1.82) is 0 Å². The smallest absolute Gasteiger partial charge is 0.0964 e. The second-order valence-corrected chi connectivity index (χ2v) is 5.61. The minimum atomic E-state index is -0.430. The number of fused-ring (bicyclic) bond motifs is 1. The Morgan fingerprint density at radius 2 is 2.00 bits per heavy atom. The molecular weight excluding hydrogens is 246 g/mol. The molecule has 1 unspecified atom stereocenters. The summed E-state index contributed by atoms with van der Waals surface area (Å²) >= 11 is 0. The molecule has 0 saturated heterocycles. The van der Waals surface area contributed by atoms with E-state index in [9.17, 15) is 5.11 Å². The summed E-state index contributed by atoms with van der Waals surface area (Å²) in [6.45, 7) is 3.76. The Hall–Kier alpha value is -1.80. The van der Waals surface area contributed by atoms with Crippen LogP contribution in [0, 0.1) is 6.92 Å². The zero-order valence-electron chi connectivity index (χ0n) is 11.9. The summed E-state index contributed by atoms with van der Waals surface area (Å²) in [5, 5.41) is 10.5. The largest absolute Gasteiger partial charge is 0.387 e. The Morgan fingerprint density at radius 1 is 1.15 bits per heavy atom. The molecule has 2 nitrogen and oxygen atoms in total. The van der Waals surface area contributed by atoms with Crippen LogP contribution in [0.4, 0.5) is 5.69 Å². The Bertz CT molecular complexity index is 593. The summed E-state index contributed by atoms with van der Waals surface area (Å²) in [5.41, 5.74) is 4.88. The van der Waals surface area contributed by atoms with Crippen LogP contribution in [-0.2, 0) is 6.42 Å². The van der Waals surface area contributed by atoms with E-state index in [4.69, 9.17) is 0 Å². The van der Waals surface area contributed by atoms with Gasteiger partial charge in [0.25, 0.3) is 0 Å². The van der Waals surface area contributed by atoms with Gasteiger partial charge in [-0.25, -0.2) is 0 Å². The molecule has 104 valence electrons. The van der Waals surface area contributed by atoms with Gasteiger partial charge in [0, 0.05) is 18.8 Å². The number of aryl methyl sites for hydroxylation is 2. The van der Waals surface area contributed by atoms with Gasteiger partial charge in [0.1, 0.15) is 0 Å². The van der Waals surface area contributed by atoms with E-state index in [0.29, 0.717) is 6.54 Å². The van der Waals surface area contributed by atoms with Gasteiger partial charge in [-0.1, -0.05) is 48.0 Å². The lowest BCUT2D eigenvalue weighted by atomic mass is 10.00. The SMILES string of the molecule is Cc1cccc(C(O)CN2CCCc3ccccc32)c1. The molecule has 2 heteroatoms. The second-order valence-electron chi connectivity index (χ2n) is 5.61. The molecule has 2 aromatic rings. The number of aliphatic hydroxyl groups excluding tert-OH is 1. The molecule has 1 atom stereocenters. The fourth-order valence-corrected chi connectivity index (χ4v) is 2.99. The summed E-state index contributed by atoms with van der Waals surface area (Å²) in [6.07, 6.45) is 1.88. The number of benzene rings is 2. The summed E-state index contributed by atoms with van der Waals surface area (Å²) < 4.78 is 0. The van der Waals surface area contributed by atoms with E-state index in [1.165, 1.54) is 16.8 Å². The molecule has 0 amide bonds. The number of para-hydroxylation sites is 1. The number of rotatable bonds is 3. The number of β-amino-alcohol motifs (C(OH)–C–C–N with tert-alkyl or cyclic N) is 1. The first-order valence-corrected chi connectivity index (χ1v) is 7.31. The number of hydrogen-bond acceptors (Lipinski definition) is 2. The molecule has 0 saturated carbocycles. The Morgan fingerprint density at radius 3 is 2.85 bits per heavy atom. The van der Waals surface area contributed by atoms with Crippen molar-refractivity contribution < 1.29 is 5.11 Å². The third-order valence-electron chi connectivity index (χ3n) is 4.03. The number of anilines is 1. The van der Waals surface area contributed by atoms with Gasteiger partial charge in [-0.05, 0) is 37.0 Å². The highest BCUT2D eigenvalue weighted by Gasteiger charge is 2.19. The minimum Gasteiger partial charge on any atom is -0.387 e. The molecule has 2 aromatic carbocycles. The van der Waals surface area contributed by atoms with E-state index in [-0.39, 0.29) is 0 Å². The minimum absolute atomic E-state index is 0.430. The molecule has 0 aliphatic carbocycles. The third-order valence-corrected chi connectivity index (χ3v) is 4.03. The molecular formula is C18H21NO. The fraction of sp³-hybridized carbons (Fsp3) is 0.333. The Labute approximate surface area is 120 Å². The molecule has 3 rings (SSSR count). The predicted octanol–water partition coefficient (Wildman–Crippen LogP) is 3.48. The summed E-state index contributed by atoms with van der Waals surface area (Å²) in [7, 11) is 0. The van der Waals surface area contributed by atoms with Crippen molar-refractivity contribution in [3.63, 3.8) is 0 Å². The van der Waals surface area contributed by atoms with Gasteiger partial charge >= 0.3 is 0 Å². The van der Waals surface area contributed by atoms with Gasteiger partial charge in [0.15, 0.2) is 0 Å². The van der Waals surface area contributed by atoms with Crippen molar-refractivity contribution in [2.24, 2.45) is 0 Å². The first-order valence-electron chi connectivity index (χ1n) is 7.31. The number of nitrogens with zero attached hydrogens (tertiary/aromatic N) is 1. The maximum atomic E-state index is 10.5. The van der Waals surface area contributed by atoms with Gasteiger partial charge in [-0.15, -0.1) is 0 Å². The number of hydrogen-bond donors (Lipinski definition) is 1. The molecule has 0 radical (unpaired) electrons. The zero-order valence-corrected chi connectivity index (χ0v) is 11.9. The van der Waals surface area contributed by atoms with Crippen molar-refractivity contribution >= 4 is 5.69 Å². The van der Waals surface area contributed by atoms with Crippen LogP contribution in [0.5, 0.6) is 0 Å². The molecule has 1 aliphatic heterocycles. The lowest BCUT2D eigenvalue weighted by molar-refractivity contribution is 0.182. The van der Waals surface area contributed by atoms with E-state index in [1.807, 2.05) is 12.1 Å². The van der Waals surface area contributed by atoms with Crippen LogP contribution in [0.15, 0.2) is 48.5 Å². The van der Waals surface area contributed by atoms with Gasteiger partial charge in [-0.2, -0.15) is 0 Å². The van der Waals surface area contributed by atoms with Crippen LogP contribution in [-0.4, -0.2) is 18.2 Å². The standard InChI is InChI=1S/C18H21NO/c1-14-6-4-8-16(12-14)18(20)13-19-11-5-9-15-7-2-3-10-17(15)19/h2-4,6-8,10,12,18,20H,5,9,11,13H2,1H3. The summed E-state index contributed by atoms with van der Waals surface area (Å²) in [6, 6.07) is 16.7. The van der Waals surface area contributed by atoms with Crippen LogP contribution in [0.1, 0.15) is 29.2 Å². The highest BCUT2D eigenvalue weighted by atomic mass is 16.3. The van der Waals surface area contributed by atoms with Crippen LogP contribution in [0.25, 0.3) is 0 Å². The monoisotopic (exact) mass is 267 g/mol. The third kappa shape index (κ3) is 2.70. The van der Waals surface area contributed by atoms with Crippen molar-refractivity contribution in [1.82, 2.24) is 0 Å². The topological polar surface area (TPSA) is 23.5 Å². The quantitative estimate of drug-likeness (QED) is 0.920. The molecule has 0 bridgehead atoms. The first-order chi connectivity index (χ1) is 9.74. The Kier molecular flexibility index (Phi) is 3.75. The van der Waals surface area contributed by atoms with Gasteiger partial charge in [0.2, 0.25) is 0 Å². The van der Waals surface area contributed by atoms with Crippen molar-refractivity contribution in [2.45, 2.75) is 25.9 Å². The lowest BCUT2D eigenvalue weighted by Gasteiger charge is -2.33. The zero-order chi connectivity index (χ0) is 13.9. The molecule has 1 N–H and O–H groups in total. The van der Waals surface area contributed by atoms with Crippen LogP contribution in [0.2, 0.25) is 0 Å².